The fraction of sp³-hybridized carbons (Fsp3) is 0.471. The van der Waals surface area contributed by atoms with Gasteiger partial charge in [0.15, 0.2) is 0 Å². The third-order valence-electron chi connectivity index (χ3n) is 4.28. The summed E-state index contributed by atoms with van der Waals surface area (Å²) in [5, 5.41) is 7.42. The number of hydrogen-bond donors (Lipinski definition) is 1. The van der Waals surface area contributed by atoms with Crippen LogP contribution >= 0.6 is 0 Å². The standard InChI is InChI=1S/C17H23N3O2/c1-12-17(13(2)19-18-12)16-11-22-8-7-20(16)10-14-5-4-6-15(9-14)21-3/h4-6,9,16H,7-8,10-11H2,1-3H3,(H,18,19)/t16-/m0/s1. The molecule has 5 heteroatoms. The van der Waals surface area contributed by atoms with E-state index in [1.165, 1.54) is 11.1 Å². The molecule has 3 rings (SSSR count). The number of ether oxygens (including phenoxy) is 2. The van der Waals surface area contributed by atoms with Gasteiger partial charge in [-0.05, 0) is 31.5 Å². The molecule has 118 valence electrons. The monoisotopic (exact) mass is 301 g/mol. The molecule has 1 aromatic carbocycles. The van der Waals surface area contributed by atoms with Gasteiger partial charge in [-0.25, -0.2) is 0 Å². The van der Waals surface area contributed by atoms with Crippen LogP contribution in [0.2, 0.25) is 0 Å². The summed E-state index contributed by atoms with van der Waals surface area (Å²) in [5.74, 6) is 0.901. The molecule has 1 atom stereocenters. The number of aromatic nitrogens is 2. The molecule has 0 saturated carbocycles. The Morgan fingerprint density at radius 3 is 3.00 bits per heavy atom. The van der Waals surface area contributed by atoms with Gasteiger partial charge in [-0.1, -0.05) is 12.1 Å². The Labute approximate surface area is 131 Å². The van der Waals surface area contributed by atoms with Crippen LogP contribution in [0.1, 0.15) is 28.6 Å². The maximum Gasteiger partial charge on any atom is 0.119 e. The van der Waals surface area contributed by atoms with Crippen LogP contribution in [0, 0.1) is 13.8 Å². The molecule has 5 nitrogen and oxygen atoms in total. The number of nitrogens with one attached hydrogen (secondary N) is 1. The molecule has 0 radical (unpaired) electrons. The average Bonchev–Trinajstić information content (AvgIpc) is 2.87. The highest BCUT2D eigenvalue weighted by molar-refractivity contribution is 5.30. The highest BCUT2D eigenvalue weighted by Crippen LogP contribution is 2.30. The van der Waals surface area contributed by atoms with E-state index in [0.29, 0.717) is 6.61 Å². The van der Waals surface area contributed by atoms with Crippen LogP contribution in [0.4, 0.5) is 0 Å². The van der Waals surface area contributed by atoms with Gasteiger partial charge in [-0.15, -0.1) is 0 Å². The van der Waals surface area contributed by atoms with Crippen LogP contribution in [-0.4, -0.2) is 42.0 Å². The minimum absolute atomic E-state index is 0.249. The molecular formula is C17H23N3O2. The Morgan fingerprint density at radius 2 is 2.27 bits per heavy atom. The molecular weight excluding hydrogens is 278 g/mol. The van der Waals surface area contributed by atoms with E-state index in [4.69, 9.17) is 9.47 Å². The first-order chi connectivity index (χ1) is 10.7. The Balaban J connectivity index is 1.83. The molecule has 1 fully saturated rings. The second-order valence-corrected chi connectivity index (χ2v) is 5.76. The number of benzene rings is 1. The lowest BCUT2D eigenvalue weighted by atomic mass is 10.0. The molecule has 0 bridgehead atoms. The second kappa shape index (κ2) is 6.50. The van der Waals surface area contributed by atoms with Crippen molar-refractivity contribution in [3.8, 4) is 5.75 Å². The van der Waals surface area contributed by atoms with Crippen molar-refractivity contribution >= 4 is 0 Å². The van der Waals surface area contributed by atoms with Crippen molar-refractivity contribution in [3.63, 3.8) is 0 Å². The number of methoxy groups -OCH3 is 1. The Kier molecular flexibility index (Phi) is 4.45. The van der Waals surface area contributed by atoms with E-state index in [-0.39, 0.29) is 6.04 Å². The molecule has 1 aliphatic rings. The van der Waals surface area contributed by atoms with E-state index in [9.17, 15) is 0 Å². The van der Waals surface area contributed by atoms with E-state index in [1.54, 1.807) is 7.11 Å². The Hall–Kier alpha value is -1.85. The van der Waals surface area contributed by atoms with Crippen molar-refractivity contribution in [2.24, 2.45) is 0 Å². The highest BCUT2D eigenvalue weighted by atomic mass is 16.5. The van der Waals surface area contributed by atoms with Gasteiger partial charge < -0.3 is 9.47 Å². The molecule has 1 aliphatic heterocycles. The number of hydrogen-bond acceptors (Lipinski definition) is 4. The predicted octanol–water partition coefficient (Wildman–Crippen LogP) is 2.61. The van der Waals surface area contributed by atoms with Crippen LogP contribution in [0.25, 0.3) is 0 Å². The summed E-state index contributed by atoms with van der Waals surface area (Å²) in [6.45, 7) is 7.42. The molecule has 1 aromatic heterocycles. The summed E-state index contributed by atoms with van der Waals surface area (Å²) in [5.41, 5.74) is 4.71. The molecule has 1 N–H and O–H groups in total. The average molecular weight is 301 g/mol. The lowest BCUT2D eigenvalue weighted by molar-refractivity contribution is -0.0131. The van der Waals surface area contributed by atoms with Gasteiger partial charge in [-0.3, -0.25) is 10.00 Å². The van der Waals surface area contributed by atoms with E-state index in [0.717, 1.165) is 36.8 Å². The normalized spacial score (nSPS) is 19.3. The number of nitrogens with zero attached hydrogens (tertiary/aromatic N) is 2. The van der Waals surface area contributed by atoms with Gasteiger partial charge in [0.05, 0.1) is 32.1 Å². The lowest BCUT2D eigenvalue weighted by Crippen LogP contribution is -2.39. The van der Waals surface area contributed by atoms with Crippen molar-refractivity contribution in [3.05, 3.63) is 46.8 Å². The van der Waals surface area contributed by atoms with Crippen LogP contribution in [-0.2, 0) is 11.3 Å². The maximum atomic E-state index is 5.72. The first-order valence-electron chi connectivity index (χ1n) is 7.65. The van der Waals surface area contributed by atoms with E-state index in [1.807, 2.05) is 12.1 Å². The van der Waals surface area contributed by atoms with Gasteiger partial charge in [0, 0.05) is 24.3 Å². The van der Waals surface area contributed by atoms with E-state index < -0.39 is 0 Å². The zero-order valence-electron chi connectivity index (χ0n) is 13.4. The number of aromatic amines is 1. The Bertz CT molecular complexity index is 619. The molecule has 2 heterocycles. The van der Waals surface area contributed by atoms with Crippen molar-refractivity contribution in [1.82, 2.24) is 15.1 Å². The van der Waals surface area contributed by atoms with Crippen molar-refractivity contribution in [2.75, 3.05) is 26.9 Å². The SMILES string of the molecule is COc1cccc(CN2CCOC[C@H]2c2c(C)n[nH]c2C)c1. The number of H-pyrrole nitrogens is 1. The quantitative estimate of drug-likeness (QED) is 0.943. The largest absolute Gasteiger partial charge is 0.497 e. The third kappa shape index (κ3) is 3.00. The van der Waals surface area contributed by atoms with Crippen molar-refractivity contribution < 1.29 is 9.47 Å². The zero-order valence-corrected chi connectivity index (χ0v) is 13.4. The summed E-state index contributed by atoms with van der Waals surface area (Å²) in [6, 6.07) is 8.51. The van der Waals surface area contributed by atoms with Crippen molar-refractivity contribution in [1.29, 1.82) is 0 Å². The van der Waals surface area contributed by atoms with E-state index in [2.05, 4.69) is 41.1 Å². The summed E-state index contributed by atoms with van der Waals surface area (Å²) in [6.07, 6.45) is 0. The van der Waals surface area contributed by atoms with Crippen LogP contribution in [0.5, 0.6) is 5.75 Å². The van der Waals surface area contributed by atoms with E-state index >= 15 is 0 Å². The maximum absolute atomic E-state index is 5.72. The molecule has 22 heavy (non-hydrogen) atoms. The molecule has 1 saturated heterocycles. The van der Waals surface area contributed by atoms with Crippen molar-refractivity contribution in [2.45, 2.75) is 26.4 Å². The number of aryl methyl sites for hydroxylation is 2. The first kappa shape index (κ1) is 15.1. The lowest BCUT2D eigenvalue weighted by Gasteiger charge is -2.36. The summed E-state index contributed by atoms with van der Waals surface area (Å²) >= 11 is 0. The molecule has 0 amide bonds. The minimum atomic E-state index is 0.249. The number of morpholine rings is 1. The zero-order chi connectivity index (χ0) is 15.5. The van der Waals surface area contributed by atoms with Gasteiger partial charge in [0.1, 0.15) is 5.75 Å². The fourth-order valence-corrected chi connectivity index (χ4v) is 3.15. The summed E-state index contributed by atoms with van der Waals surface area (Å²) < 4.78 is 11.0. The van der Waals surface area contributed by atoms with Gasteiger partial charge in [0.25, 0.3) is 0 Å². The molecule has 0 unspecified atom stereocenters. The van der Waals surface area contributed by atoms with Crippen LogP contribution in [0.3, 0.4) is 0 Å². The molecule has 0 aliphatic carbocycles. The van der Waals surface area contributed by atoms with Gasteiger partial charge in [0.2, 0.25) is 0 Å². The van der Waals surface area contributed by atoms with Gasteiger partial charge >= 0.3 is 0 Å². The fourth-order valence-electron chi connectivity index (χ4n) is 3.15. The Morgan fingerprint density at radius 1 is 1.41 bits per heavy atom. The topological polar surface area (TPSA) is 50.4 Å². The first-order valence-corrected chi connectivity index (χ1v) is 7.65. The smallest absolute Gasteiger partial charge is 0.119 e. The second-order valence-electron chi connectivity index (χ2n) is 5.76. The van der Waals surface area contributed by atoms with Crippen LogP contribution in [0.15, 0.2) is 24.3 Å². The summed E-state index contributed by atoms with van der Waals surface area (Å²) in [4.78, 5) is 2.46. The predicted molar refractivity (Wildman–Crippen MR) is 85.0 cm³/mol. The highest BCUT2D eigenvalue weighted by Gasteiger charge is 2.28. The minimum Gasteiger partial charge on any atom is -0.497 e. The third-order valence-corrected chi connectivity index (χ3v) is 4.28. The van der Waals surface area contributed by atoms with Crippen LogP contribution < -0.4 is 4.74 Å². The molecule has 0 spiro atoms. The summed E-state index contributed by atoms with van der Waals surface area (Å²) in [7, 11) is 1.70. The molecule has 2 aromatic rings. The number of rotatable bonds is 4. The van der Waals surface area contributed by atoms with Gasteiger partial charge in [-0.2, -0.15) is 5.10 Å².